The second kappa shape index (κ2) is 4.63. The zero-order chi connectivity index (χ0) is 12.4. The van der Waals surface area contributed by atoms with E-state index in [0.29, 0.717) is 17.3 Å². The lowest BCUT2D eigenvalue weighted by molar-refractivity contribution is 0.0685. The van der Waals surface area contributed by atoms with Crippen LogP contribution in [0.3, 0.4) is 0 Å². The molecule has 0 fully saturated rings. The van der Waals surface area contributed by atoms with Crippen molar-refractivity contribution in [2.75, 3.05) is 0 Å². The molecule has 2 rings (SSSR count). The highest BCUT2D eigenvalue weighted by Gasteiger charge is 2.12. The van der Waals surface area contributed by atoms with E-state index >= 15 is 0 Å². The summed E-state index contributed by atoms with van der Waals surface area (Å²) in [6.07, 6.45) is 1.84. The molecular weight excluding hydrogens is 238 g/mol. The Morgan fingerprint density at radius 2 is 1.94 bits per heavy atom. The second-order valence-corrected chi connectivity index (χ2v) is 4.15. The fraction of sp³-hybridized carbons (Fsp3) is 0.154. The summed E-state index contributed by atoms with van der Waals surface area (Å²) in [5.41, 5.74) is 2.16. The van der Waals surface area contributed by atoms with Gasteiger partial charge in [-0.05, 0) is 30.7 Å². The number of aromatic nitrogens is 1. The average molecular weight is 250 g/mol. The van der Waals surface area contributed by atoms with Crippen molar-refractivity contribution < 1.29 is 9.90 Å². The van der Waals surface area contributed by atoms with E-state index in [4.69, 9.17) is 16.7 Å². The fourth-order valence-electron chi connectivity index (χ4n) is 1.75. The van der Waals surface area contributed by atoms with Gasteiger partial charge in [0.05, 0.1) is 0 Å². The van der Waals surface area contributed by atoms with Gasteiger partial charge in [-0.3, -0.25) is 0 Å². The van der Waals surface area contributed by atoms with Crippen LogP contribution in [0.2, 0.25) is 5.02 Å². The highest BCUT2D eigenvalue weighted by atomic mass is 35.5. The molecule has 0 bridgehead atoms. The Labute approximate surface area is 104 Å². The lowest BCUT2D eigenvalue weighted by Crippen LogP contribution is -2.05. The quantitative estimate of drug-likeness (QED) is 0.904. The molecular formula is C13H12ClNO2. The van der Waals surface area contributed by atoms with Crippen molar-refractivity contribution in [2.24, 2.45) is 0 Å². The lowest BCUT2D eigenvalue weighted by Gasteiger charge is -1.99. The smallest absolute Gasteiger partial charge is 0.352 e. The summed E-state index contributed by atoms with van der Waals surface area (Å²) in [6.45, 7) is 2.55. The maximum Gasteiger partial charge on any atom is 0.352 e. The molecule has 0 saturated heterocycles. The average Bonchev–Trinajstić information content (AvgIpc) is 2.74. The topological polar surface area (TPSA) is 42.2 Å². The molecule has 3 nitrogen and oxygen atoms in total. The first-order chi connectivity index (χ1) is 8.11. The molecule has 17 heavy (non-hydrogen) atoms. The minimum Gasteiger partial charge on any atom is -0.477 e. The van der Waals surface area contributed by atoms with Gasteiger partial charge in [0.2, 0.25) is 0 Å². The van der Waals surface area contributed by atoms with Crippen LogP contribution in [0.25, 0.3) is 11.1 Å². The number of benzene rings is 1. The van der Waals surface area contributed by atoms with Crippen molar-refractivity contribution in [3.8, 4) is 11.1 Å². The zero-order valence-electron chi connectivity index (χ0n) is 9.35. The van der Waals surface area contributed by atoms with Gasteiger partial charge in [-0.2, -0.15) is 0 Å². The number of rotatable bonds is 3. The first-order valence-electron chi connectivity index (χ1n) is 5.31. The van der Waals surface area contributed by atoms with E-state index in [1.165, 1.54) is 0 Å². The Kier molecular flexibility index (Phi) is 3.20. The molecule has 0 unspecified atom stereocenters. The maximum atomic E-state index is 11.0. The molecule has 1 aromatic heterocycles. The third-order valence-corrected chi connectivity index (χ3v) is 2.89. The molecule has 0 aliphatic rings. The number of aryl methyl sites for hydroxylation is 1. The third-order valence-electron chi connectivity index (χ3n) is 2.63. The van der Waals surface area contributed by atoms with Crippen molar-refractivity contribution >= 4 is 17.6 Å². The molecule has 0 radical (unpaired) electrons. The molecule has 0 atom stereocenters. The van der Waals surface area contributed by atoms with E-state index in [2.05, 4.69) is 0 Å². The molecule has 1 aromatic carbocycles. The Morgan fingerprint density at radius 1 is 1.29 bits per heavy atom. The zero-order valence-corrected chi connectivity index (χ0v) is 10.1. The monoisotopic (exact) mass is 249 g/mol. The maximum absolute atomic E-state index is 11.0. The Balaban J connectivity index is 2.46. The second-order valence-electron chi connectivity index (χ2n) is 3.71. The standard InChI is InChI=1S/C13H12ClNO2/c1-2-15-8-10(7-12(15)13(16)17)9-3-5-11(14)6-4-9/h3-8H,2H2,1H3,(H,16,17). The molecule has 2 aromatic rings. The largest absolute Gasteiger partial charge is 0.477 e. The van der Waals surface area contributed by atoms with E-state index in [1.54, 1.807) is 22.8 Å². The molecule has 0 spiro atoms. The number of aromatic carboxylic acids is 1. The highest BCUT2D eigenvalue weighted by Crippen LogP contribution is 2.24. The molecule has 0 aliphatic heterocycles. The van der Waals surface area contributed by atoms with Gasteiger partial charge in [0.1, 0.15) is 5.69 Å². The van der Waals surface area contributed by atoms with E-state index < -0.39 is 5.97 Å². The van der Waals surface area contributed by atoms with Crippen LogP contribution in [-0.2, 0) is 6.54 Å². The predicted octanol–water partition coefficient (Wildman–Crippen LogP) is 3.53. The van der Waals surface area contributed by atoms with Crippen molar-refractivity contribution in [1.82, 2.24) is 4.57 Å². The van der Waals surface area contributed by atoms with Gasteiger partial charge in [-0.15, -0.1) is 0 Å². The summed E-state index contributed by atoms with van der Waals surface area (Å²) in [6, 6.07) is 9.02. The lowest BCUT2D eigenvalue weighted by atomic mass is 10.1. The van der Waals surface area contributed by atoms with Gasteiger partial charge in [0.15, 0.2) is 0 Å². The summed E-state index contributed by atoms with van der Waals surface area (Å²) in [4.78, 5) is 11.0. The van der Waals surface area contributed by atoms with Crippen LogP contribution in [0.15, 0.2) is 36.5 Å². The molecule has 88 valence electrons. The number of hydrogen-bond donors (Lipinski definition) is 1. The van der Waals surface area contributed by atoms with Gasteiger partial charge in [0.25, 0.3) is 0 Å². The summed E-state index contributed by atoms with van der Waals surface area (Å²) >= 11 is 5.81. The minimum absolute atomic E-state index is 0.303. The van der Waals surface area contributed by atoms with Crippen molar-refractivity contribution in [3.05, 3.63) is 47.2 Å². The van der Waals surface area contributed by atoms with Gasteiger partial charge < -0.3 is 9.67 Å². The summed E-state index contributed by atoms with van der Waals surface area (Å²) in [5, 5.41) is 9.73. The van der Waals surface area contributed by atoms with Crippen LogP contribution in [-0.4, -0.2) is 15.6 Å². The number of nitrogens with zero attached hydrogens (tertiary/aromatic N) is 1. The minimum atomic E-state index is -0.910. The summed E-state index contributed by atoms with van der Waals surface area (Å²) in [5.74, 6) is -0.910. The van der Waals surface area contributed by atoms with E-state index in [0.717, 1.165) is 11.1 Å². The van der Waals surface area contributed by atoms with E-state index in [9.17, 15) is 4.79 Å². The van der Waals surface area contributed by atoms with Gasteiger partial charge in [0, 0.05) is 23.3 Å². The number of carboxylic acids is 1. The van der Waals surface area contributed by atoms with Gasteiger partial charge in [-0.25, -0.2) is 4.79 Å². The summed E-state index contributed by atoms with van der Waals surface area (Å²) in [7, 11) is 0. The highest BCUT2D eigenvalue weighted by molar-refractivity contribution is 6.30. The van der Waals surface area contributed by atoms with Crippen molar-refractivity contribution in [1.29, 1.82) is 0 Å². The van der Waals surface area contributed by atoms with Crippen LogP contribution < -0.4 is 0 Å². The van der Waals surface area contributed by atoms with Crippen LogP contribution in [0, 0.1) is 0 Å². The summed E-state index contributed by atoms with van der Waals surface area (Å²) < 4.78 is 1.71. The fourth-order valence-corrected chi connectivity index (χ4v) is 1.88. The Hall–Kier alpha value is -1.74. The van der Waals surface area contributed by atoms with E-state index in [1.807, 2.05) is 25.3 Å². The van der Waals surface area contributed by atoms with Crippen molar-refractivity contribution in [2.45, 2.75) is 13.5 Å². The number of halogens is 1. The van der Waals surface area contributed by atoms with Crippen LogP contribution in [0.4, 0.5) is 0 Å². The first kappa shape index (κ1) is 11.7. The van der Waals surface area contributed by atoms with Crippen LogP contribution in [0.5, 0.6) is 0 Å². The Bertz CT molecular complexity index is 543. The van der Waals surface area contributed by atoms with Gasteiger partial charge >= 0.3 is 5.97 Å². The molecule has 0 saturated carbocycles. The van der Waals surface area contributed by atoms with Crippen LogP contribution in [0.1, 0.15) is 17.4 Å². The normalized spacial score (nSPS) is 10.5. The number of carboxylic acid groups (broad SMARTS) is 1. The third kappa shape index (κ3) is 2.34. The SMILES string of the molecule is CCn1cc(-c2ccc(Cl)cc2)cc1C(=O)O. The van der Waals surface area contributed by atoms with Gasteiger partial charge in [-0.1, -0.05) is 23.7 Å². The molecule has 1 heterocycles. The molecule has 1 N–H and O–H groups in total. The number of hydrogen-bond acceptors (Lipinski definition) is 1. The van der Waals surface area contributed by atoms with Crippen LogP contribution >= 0.6 is 11.6 Å². The van der Waals surface area contributed by atoms with E-state index in [-0.39, 0.29) is 0 Å². The first-order valence-corrected chi connectivity index (χ1v) is 5.69. The Morgan fingerprint density at radius 3 is 2.41 bits per heavy atom. The molecule has 4 heteroatoms. The molecule has 0 aliphatic carbocycles. The number of carbonyl (C=O) groups is 1. The molecule has 0 amide bonds. The predicted molar refractivity (Wildman–Crippen MR) is 67.5 cm³/mol. The van der Waals surface area contributed by atoms with Crippen molar-refractivity contribution in [3.63, 3.8) is 0 Å².